The number of hydrogen-bond acceptors (Lipinski definition) is 6. The molecule has 0 saturated heterocycles. The summed E-state index contributed by atoms with van der Waals surface area (Å²) in [6.45, 7) is 4.50. The second-order valence-corrected chi connectivity index (χ2v) is 8.63. The number of aromatic nitrogens is 1. The highest BCUT2D eigenvalue weighted by molar-refractivity contribution is 7.15. The number of nitrogens with zero attached hydrogens (tertiary/aromatic N) is 1. The topological polar surface area (TPSA) is 80.7 Å². The van der Waals surface area contributed by atoms with E-state index in [-0.39, 0.29) is 18.4 Å². The largest absolute Gasteiger partial charge is 0.488 e. The van der Waals surface area contributed by atoms with Gasteiger partial charge in [-0.25, -0.2) is 4.98 Å². The maximum Gasteiger partial charge on any atom is 0.304 e. The van der Waals surface area contributed by atoms with Gasteiger partial charge < -0.3 is 14.7 Å². The molecule has 0 fully saturated rings. The Kier molecular flexibility index (Phi) is 6.34. The Balaban J connectivity index is 1.43. The van der Waals surface area contributed by atoms with Crippen molar-refractivity contribution in [2.24, 2.45) is 0 Å². The monoisotopic (exact) mass is 436 g/mol. The Morgan fingerprint density at radius 3 is 2.58 bits per heavy atom. The number of carboxylic acid groups (broad SMARTS) is 1. The molecule has 0 spiro atoms. The smallest absolute Gasteiger partial charge is 0.304 e. The summed E-state index contributed by atoms with van der Waals surface area (Å²) in [5, 5.41) is 10.3. The zero-order valence-corrected chi connectivity index (χ0v) is 18.2. The molecule has 1 unspecified atom stereocenters. The Morgan fingerprint density at radius 2 is 1.94 bits per heavy atom. The van der Waals surface area contributed by atoms with Gasteiger partial charge in [-0.3, -0.25) is 4.79 Å². The van der Waals surface area contributed by atoms with Crippen molar-refractivity contribution in [3.63, 3.8) is 0 Å². The molecular formula is C24H24N2O4S. The van der Waals surface area contributed by atoms with Crippen molar-refractivity contribution in [1.82, 2.24) is 10.5 Å². The van der Waals surface area contributed by atoms with Crippen LogP contribution in [-0.2, 0) is 16.2 Å². The van der Waals surface area contributed by atoms with E-state index >= 15 is 0 Å². The van der Waals surface area contributed by atoms with E-state index in [1.54, 1.807) is 17.6 Å². The van der Waals surface area contributed by atoms with Crippen LogP contribution in [0.5, 0.6) is 5.75 Å². The lowest BCUT2D eigenvalue weighted by atomic mass is 9.89. The molecule has 0 amide bonds. The summed E-state index contributed by atoms with van der Waals surface area (Å²) < 4.78 is 5.98. The highest BCUT2D eigenvalue weighted by atomic mass is 32.1. The van der Waals surface area contributed by atoms with Crippen LogP contribution in [0.25, 0.3) is 10.6 Å². The van der Waals surface area contributed by atoms with Crippen LogP contribution in [0, 0.1) is 13.8 Å². The molecule has 3 aromatic rings. The van der Waals surface area contributed by atoms with Gasteiger partial charge in [-0.15, -0.1) is 16.8 Å². The number of ether oxygens (including phenoxy) is 1. The number of rotatable bonds is 8. The Hall–Kier alpha value is -3.16. The number of nitrogens with one attached hydrogen (secondary N) is 1. The third-order valence-corrected chi connectivity index (χ3v) is 6.44. The highest BCUT2D eigenvalue weighted by Crippen LogP contribution is 2.30. The standard InChI is InChI=1S/C24H24N2O4S/c1-15-3-5-18(6-4-15)24-25-16(2)22(31-24)14-29-19-9-7-17(8-10-19)20(13-23(27)28)21-11-12-30-26-21/h3-12,20-21,26H,13-14H2,1-2H3,(H,27,28)/t20-,21?/m0/s1. The third-order valence-electron chi connectivity index (χ3n) is 5.26. The summed E-state index contributed by atoms with van der Waals surface area (Å²) in [6, 6.07) is 15.7. The molecule has 2 atom stereocenters. The van der Waals surface area contributed by atoms with E-state index in [0.29, 0.717) is 6.61 Å². The number of aliphatic carboxylic acids is 1. The molecule has 6 nitrogen and oxygen atoms in total. The van der Waals surface area contributed by atoms with E-state index in [2.05, 4.69) is 41.7 Å². The minimum absolute atomic E-state index is 0.00736. The first-order valence-electron chi connectivity index (χ1n) is 10.1. The molecule has 1 aliphatic rings. The minimum Gasteiger partial charge on any atom is -0.488 e. The molecule has 2 heterocycles. The molecule has 1 aromatic heterocycles. The fourth-order valence-electron chi connectivity index (χ4n) is 3.48. The molecule has 0 bridgehead atoms. The number of aryl methyl sites for hydroxylation is 2. The second-order valence-electron chi connectivity index (χ2n) is 7.55. The van der Waals surface area contributed by atoms with Crippen LogP contribution < -0.4 is 10.2 Å². The summed E-state index contributed by atoms with van der Waals surface area (Å²) in [5.74, 6) is -0.350. The average Bonchev–Trinajstić information content (AvgIpc) is 3.41. The third kappa shape index (κ3) is 5.13. The molecular weight excluding hydrogens is 412 g/mol. The maximum absolute atomic E-state index is 11.3. The van der Waals surface area contributed by atoms with Gasteiger partial charge in [0.2, 0.25) is 0 Å². The first-order chi connectivity index (χ1) is 15.0. The SMILES string of the molecule is Cc1ccc(-c2nc(C)c(COc3ccc([C@H](CC(=O)O)C4C=CON4)cc3)s2)cc1. The zero-order valence-electron chi connectivity index (χ0n) is 17.4. The van der Waals surface area contributed by atoms with Crippen LogP contribution in [0.1, 0.15) is 34.0 Å². The van der Waals surface area contributed by atoms with E-state index in [1.807, 2.05) is 37.3 Å². The summed E-state index contributed by atoms with van der Waals surface area (Å²) >= 11 is 1.64. The number of carbonyl (C=O) groups is 1. The zero-order chi connectivity index (χ0) is 21.8. The van der Waals surface area contributed by atoms with Gasteiger partial charge in [0.15, 0.2) is 0 Å². The lowest BCUT2D eigenvalue weighted by Crippen LogP contribution is -2.29. The first kappa shape index (κ1) is 21.1. The van der Waals surface area contributed by atoms with E-state index in [1.165, 1.54) is 5.56 Å². The summed E-state index contributed by atoms with van der Waals surface area (Å²) in [4.78, 5) is 22.1. The number of hydroxylamine groups is 1. The van der Waals surface area contributed by atoms with Crippen LogP contribution in [-0.4, -0.2) is 22.1 Å². The quantitative estimate of drug-likeness (QED) is 0.518. The van der Waals surface area contributed by atoms with Gasteiger partial charge in [0.05, 0.1) is 23.0 Å². The van der Waals surface area contributed by atoms with Crippen LogP contribution >= 0.6 is 11.3 Å². The van der Waals surface area contributed by atoms with E-state index < -0.39 is 5.97 Å². The molecule has 1 aliphatic heterocycles. The van der Waals surface area contributed by atoms with Gasteiger partial charge in [0.1, 0.15) is 23.6 Å². The molecule has 160 valence electrons. The lowest BCUT2D eigenvalue weighted by Gasteiger charge is -2.20. The van der Waals surface area contributed by atoms with E-state index in [0.717, 1.165) is 32.5 Å². The van der Waals surface area contributed by atoms with E-state index in [9.17, 15) is 9.90 Å². The molecule has 7 heteroatoms. The van der Waals surface area contributed by atoms with Crippen molar-refractivity contribution in [3.05, 3.63) is 82.6 Å². The van der Waals surface area contributed by atoms with Gasteiger partial charge >= 0.3 is 5.97 Å². The fourth-order valence-corrected chi connectivity index (χ4v) is 4.46. The van der Waals surface area contributed by atoms with Crippen LogP contribution in [0.2, 0.25) is 0 Å². The van der Waals surface area contributed by atoms with Crippen LogP contribution in [0.15, 0.2) is 60.9 Å². The minimum atomic E-state index is -0.850. The van der Waals surface area contributed by atoms with Crippen molar-refractivity contribution in [2.75, 3.05) is 0 Å². The second kappa shape index (κ2) is 9.32. The number of hydrogen-bond donors (Lipinski definition) is 2. The summed E-state index contributed by atoms with van der Waals surface area (Å²) in [6.07, 6.45) is 3.38. The van der Waals surface area contributed by atoms with Crippen LogP contribution in [0.3, 0.4) is 0 Å². The molecule has 0 aliphatic carbocycles. The van der Waals surface area contributed by atoms with Crippen molar-refractivity contribution in [3.8, 4) is 16.3 Å². The van der Waals surface area contributed by atoms with Crippen molar-refractivity contribution >= 4 is 17.3 Å². The Bertz CT molecular complexity index is 1070. The van der Waals surface area contributed by atoms with Gasteiger partial charge in [-0.1, -0.05) is 42.0 Å². The fraction of sp³-hybridized carbons (Fsp3) is 0.250. The van der Waals surface area contributed by atoms with Gasteiger partial charge in [-0.05, 0) is 37.6 Å². The number of thiazole rings is 1. The van der Waals surface area contributed by atoms with Gasteiger partial charge in [-0.2, -0.15) is 0 Å². The summed E-state index contributed by atoms with van der Waals surface area (Å²) in [7, 11) is 0. The maximum atomic E-state index is 11.3. The predicted molar refractivity (Wildman–Crippen MR) is 120 cm³/mol. The van der Waals surface area contributed by atoms with E-state index in [4.69, 9.17) is 9.57 Å². The first-order valence-corrected chi connectivity index (χ1v) is 10.9. The molecule has 4 rings (SSSR count). The molecule has 2 N–H and O–H groups in total. The summed E-state index contributed by atoms with van der Waals surface area (Å²) in [5.41, 5.74) is 7.05. The van der Waals surface area contributed by atoms with Crippen molar-refractivity contribution in [2.45, 2.75) is 38.8 Å². The number of carboxylic acids is 1. The molecule has 31 heavy (non-hydrogen) atoms. The van der Waals surface area contributed by atoms with Gasteiger partial charge in [0, 0.05) is 11.5 Å². The molecule has 0 saturated carbocycles. The average molecular weight is 437 g/mol. The van der Waals surface area contributed by atoms with Crippen molar-refractivity contribution in [1.29, 1.82) is 0 Å². The molecule has 2 aromatic carbocycles. The highest BCUT2D eigenvalue weighted by Gasteiger charge is 2.26. The lowest BCUT2D eigenvalue weighted by molar-refractivity contribution is -0.137. The number of benzene rings is 2. The Labute approximate surface area is 185 Å². The Morgan fingerprint density at radius 1 is 1.19 bits per heavy atom. The van der Waals surface area contributed by atoms with Gasteiger partial charge in [0.25, 0.3) is 0 Å². The normalized spacial score (nSPS) is 16.1. The van der Waals surface area contributed by atoms with Crippen molar-refractivity contribution < 1.29 is 19.5 Å². The molecule has 0 radical (unpaired) electrons. The predicted octanol–water partition coefficient (Wildman–Crippen LogP) is 4.98. The van der Waals surface area contributed by atoms with Crippen LogP contribution in [0.4, 0.5) is 0 Å².